The van der Waals surface area contributed by atoms with Crippen molar-refractivity contribution < 1.29 is 4.79 Å². The van der Waals surface area contributed by atoms with Crippen molar-refractivity contribution in [3.05, 3.63) is 42.5 Å². The molecule has 1 fully saturated rings. The summed E-state index contributed by atoms with van der Waals surface area (Å²) in [6, 6.07) is 10.2. The number of H-pyrrole nitrogens is 1. The Hall–Kier alpha value is -2.57. The Kier molecular flexibility index (Phi) is 5.30. The van der Waals surface area contributed by atoms with Gasteiger partial charge in [-0.15, -0.1) is 0 Å². The van der Waals surface area contributed by atoms with E-state index in [1.165, 1.54) is 6.33 Å². The summed E-state index contributed by atoms with van der Waals surface area (Å²) in [5.74, 6) is 1.31. The van der Waals surface area contributed by atoms with Gasteiger partial charge in [-0.2, -0.15) is 5.10 Å². The predicted molar refractivity (Wildman–Crippen MR) is 93.0 cm³/mol. The van der Waals surface area contributed by atoms with Gasteiger partial charge in [0.2, 0.25) is 0 Å². The molecule has 2 heterocycles. The van der Waals surface area contributed by atoms with Crippen molar-refractivity contribution in [1.82, 2.24) is 25.4 Å². The number of benzene rings is 1. The zero-order valence-corrected chi connectivity index (χ0v) is 14.0. The van der Waals surface area contributed by atoms with E-state index in [0.29, 0.717) is 12.5 Å². The van der Waals surface area contributed by atoms with E-state index in [9.17, 15) is 4.79 Å². The number of carbonyl (C=O) groups excluding carboxylic acids is 1. The quantitative estimate of drug-likeness (QED) is 0.878. The number of carbonyl (C=O) groups is 1. The molecule has 2 N–H and O–H groups in total. The largest absolute Gasteiger partial charge is 0.373 e. The highest BCUT2D eigenvalue weighted by atomic mass is 16.2. The van der Waals surface area contributed by atoms with Gasteiger partial charge in [0.1, 0.15) is 12.2 Å². The minimum absolute atomic E-state index is 0.0208. The van der Waals surface area contributed by atoms with Crippen LogP contribution < -0.4 is 10.2 Å². The number of piperidine rings is 1. The second-order valence-corrected chi connectivity index (χ2v) is 6.12. The average Bonchev–Trinajstić information content (AvgIpc) is 3.17. The maximum atomic E-state index is 12.3. The normalized spacial score (nSPS) is 15.3. The molecule has 7 heteroatoms. The van der Waals surface area contributed by atoms with Gasteiger partial charge < -0.3 is 15.1 Å². The van der Waals surface area contributed by atoms with Crippen LogP contribution in [0.1, 0.15) is 24.6 Å². The molecule has 3 rings (SSSR count). The van der Waals surface area contributed by atoms with Crippen LogP contribution in [0.2, 0.25) is 0 Å². The monoisotopic (exact) mass is 328 g/mol. The number of hydrogen-bond donors (Lipinski definition) is 2. The summed E-state index contributed by atoms with van der Waals surface area (Å²) in [5, 5.41) is 9.84. The van der Waals surface area contributed by atoms with Gasteiger partial charge in [0.25, 0.3) is 0 Å². The Morgan fingerprint density at radius 2 is 2.08 bits per heavy atom. The van der Waals surface area contributed by atoms with E-state index >= 15 is 0 Å². The molecule has 128 valence electrons. The number of aromatic nitrogens is 3. The molecule has 0 aliphatic carbocycles. The maximum Gasteiger partial charge on any atom is 0.317 e. The molecule has 1 aromatic heterocycles. The maximum absolute atomic E-state index is 12.3. The number of amides is 2. The van der Waals surface area contributed by atoms with Crippen LogP contribution in [0.15, 0.2) is 36.7 Å². The molecule has 0 saturated carbocycles. The molecule has 0 spiro atoms. The molecule has 0 unspecified atom stereocenters. The molecule has 1 saturated heterocycles. The molecular weight excluding hydrogens is 304 g/mol. The Morgan fingerprint density at radius 1 is 1.33 bits per heavy atom. The van der Waals surface area contributed by atoms with Gasteiger partial charge in [-0.3, -0.25) is 5.10 Å². The Morgan fingerprint density at radius 3 is 2.75 bits per heavy atom. The fourth-order valence-electron chi connectivity index (χ4n) is 3.02. The standard InChI is InChI=1S/C17H24N6O/c1-22(15-5-3-2-4-6-15)12-9-18-17(24)23-10-7-14(8-11-23)16-19-13-20-21-16/h2-6,13-14H,7-12H2,1H3,(H,18,24)(H,19,20,21). The lowest BCUT2D eigenvalue weighted by Gasteiger charge is -2.31. The minimum atomic E-state index is 0.0208. The Bertz CT molecular complexity index is 622. The first-order chi connectivity index (χ1) is 11.7. The van der Waals surface area contributed by atoms with Crippen molar-refractivity contribution in [3.8, 4) is 0 Å². The van der Waals surface area contributed by atoms with E-state index in [0.717, 1.165) is 44.0 Å². The predicted octanol–water partition coefficient (Wildman–Crippen LogP) is 1.83. The van der Waals surface area contributed by atoms with Gasteiger partial charge in [0.05, 0.1) is 0 Å². The SMILES string of the molecule is CN(CCNC(=O)N1CCC(c2ncn[nH]2)CC1)c1ccccc1. The minimum Gasteiger partial charge on any atom is -0.373 e. The number of likely N-dealkylation sites (N-methyl/N-ethyl adjacent to an activating group) is 1. The second-order valence-electron chi connectivity index (χ2n) is 6.12. The number of urea groups is 1. The van der Waals surface area contributed by atoms with Crippen LogP contribution in [0.4, 0.5) is 10.5 Å². The number of para-hydroxylation sites is 1. The molecule has 0 atom stereocenters. The van der Waals surface area contributed by atoms with E-state index in [2.05, 4.69) is 37.5 Å². The van der Waals surface area contributed by atoms with Crippen LogP contribution in [-0.4, -0.2) is 59.3 Å². The third-order valence-electron chi connectivity index (χ3n) is 4.52. The zero-order valence-electron chi connectivity index (χ0n) is 14.0. The van der Waals surface area contributed by atoms with Crippen LogP contribution in [0.25, 0.3) is 0 Å². The van der Waals surface area contributed by atoms with Crippen molar-refractivity contribution in [2.75, 3.05) is 38.1 Å². The number of likely N-dealkylation sites (tertiary alicyclic amines) is 1. The third-order valence-corrected chi connectivity index (χ3v) is 4.52. The van der Waals surface area contributed by atoms with E-state index in [4.69, 9.17) is 0 Å². The summed E-state index contributed by atoms with van der Waals surface area (Å²) in [6.07, 6.45) is 3.39. The molecule has 24 heavy (non-hydrogen) atoms. The van der Waals surface area contributed by atoms with E-state index < -0.39 is 0 Å². The fraction of sp³-hybridized carbons (Fsp3) is 0.471. The highest BCUT2D eigenvalue weighted by molar-refractivity contribution is 5.74. The molecule has 0 radical (unpaired) electrons. The number of anilines is 1. The molecule has 2 aromatic rings. The number of nitrogens with zero attached hydrogens (tertiary/aromatic N) is 4. The molecular formula is C17H24N6O. The van der Waals surface area contributed by atoms with Gasteiger partial charge >= 0.3 is 6.03 Å². The first-order valence-electron chi connectivity index (χ1n) is 8.38. The highest BCUT2D eigenvalue weighted by Crippen LogP contribution is 2.24. The first-order valence-corrected chi connectivity index (χ1v) is 8.38. The number of aromatic amines is 1. The third kappa shape index (κ3) is 4.04. The topological polar surface area (TPSA) is 77.2 Å². The lowest BCUT2D eigenvalue weighted by molar-refractivity contribution is 0.180. The summed E-state index contributed by atoms with van der Waals surface area (Å²) in [6.45, 7) is 2.92. The van der Waals surface area contributed by atoms with Crippen LogP contribution in [0, 0.1) is 0 Å². The molecule has 0 bridgehead atoms. The van der Waals surface area contributed by atoms with Gasteiger partial charge in [0, 0.05) is 44.8 Å². The molecule has 1 aliphatic rings. The lowest BCUT2D eigenvalue weighted by Crippen LogP contribution is -2.46. The molecule has 2 amide bonds. The van der Waals surface area contributed by atoms with Gasteiger partial charge in [-0.05, 0) is 25.0 Å². The van der Waals surface area contributed by atoms with Crippen molar-refractivity contribution in [2.24, 2.45) is 0 Å². The average molecular weight is 328 g/mol. The number of hydrogen-bond acceptors (Lipinski definition) is 4. The van der Waals surface area contributed by atoms with E-state index in [1.54, 1.807) is 0 Å². The summed E-state index contributed by atoms with van der Waals surface area (Å²) in [7, 11) is 2.03. The summed E-state index contributed by atoms with van der Waals surface area (Å²) < 4.78 is 0. The Labute approximate surface area is 142 Å². The highest BCUT2D eigenvalue weighted by Gasteiger charge is 2.25. The van der Waals surface area contributed by atoms with Gasteiger partial charge in [0.15, 0.2) is 0 Å². The number of rotatable bonds is 5. The summed E-state index contributed by atoms with van der Waals surface area (Å²) in [5.41, 5.74) is 1.15. The first kappa shape index (κ1) is 16.3. The van der Waals surface area contributed by atoms with Crippen LogP contribution in [0.5, 0.6) is 0 Å². The van der Waals surface area contributed by atoms with Gasteiger partial charge in [-0.1, -0.05) is 18.2 Å². The smallest absolute Gasteiger partial charge is 0.317 e. The van der Waals surface area contributed by atoms with Crippen LogP contribution in [0.3, 0.4) is 0 Å². The van der Waals surface area contributed by atoms with Crippen molar-refractivity contribution >= 4 is 11.7 Å². The fourth-order valence-corrected chi connectivity index (χ4v) is 3.02. The molecule has 1 aromatic carbocycles. The van der Waals surface area contributed by atoms with E-state index in [1.807, 2.05) is 30.1 Å². The van der Waals surface area contributed by atoms with Crippen molar-refractivity contribution in [1.29, 1.82) is 0 Å². The van der Waals surface area contributed by atoms with E-state index in [-0.39, 0.29) is 6.03 Å². The van der Waals surface area contributed by atoms with Crippen LogP contribution in [-0.2, 0) is 0 Å². The molecule has 7 nitrogen and oxygen atoms in total. The van der Waals surface area contributed by atoms with Crippen molar-refractivity contribution in [3.63, 3.8) is 0 Å². The lowest BCUT2D eigenvalue weighted by atomic mass is 9.96. The Balaban J connectivity index is 1.38. The zero-order chi connectivity index (χ0) is 16.8. The van der Waals surface area contributed by atoms with Gasteiger partial charge in [-0.25, -0.2) is 9.78 Å². The number of nitrogens with one attached hydrogen (secondary N) is 2. The van der Waals surface area contributed by atoms with Crippen molar-refractivity contribution in [2.45, 2.75) is 18.8 Å². The summed E-state index contributed by atoms with van der Waals surface area (Å²) >= 11 is 0. The molecule has 1 aliphatic heterocycles. The van der Waals surface area contributed by atoms with Crippen LogP contribution >= 0.6 is 0 Å². The summed E-state index contributed by atoms with van der Waals surface area (Å²) in [4.78, 5) is 20.5. The second kappa shape index (κ2) is 7.81.